The van der Waals surface area contributed by atoms with E-state index in [1.54, 1.807) is 23.5 Å². The summed E-state index contributed by atoms with van der Waals surface area (Å²) in [6, 6.07) is 3.78. The van der Waals surface area contributed by atoms with Gasteiger partial charge in [-0.3, -0.25) is 19.0 Å². The second-order valence-corrected chi connectivity index (χ2v) is 10.6. The number of carbonyl (C=O) groups is 2. The second-order valence-electron chi connectivity index (χ2n) is 8.76. The Balaban J connectivity index is 2.12. The van der Waals surface area contributed by atoms with E-state index in [1.807, 2.05) is 62.1 Å². The number of thiophene rings is 1. The van der Waals surface area contributed by atoms with Gasteiger partial charge in [-0.05, 0) is 48.4 Å². The van der Waals surface area contributed by atoms with Crippen molar-refractivity contribution >= 4 is 46.4 Å². The Bertz CT molecular complexity index is 1340. The smallest absolute Gasteiger partial charge is 0.269 e. The van der Waals surface area contributed by atoms with Crippen LogP contribution in [0.4, 0.5) is 0 Å². The zero-order chi connectivity index (χ0) is 23.6. The van der Waals surface area contributed by atoms with Crippen LogP contribution in [0.15, 0.2) is 40.3 Å². The number of hydrogen-bond acceptors (Lipinski definition) is 5. The van der Waals surface area contributed by atoms with E-state index in [0.29, 0.717) is 21.3 Å². The number of carbonyl (C=O) groups excluding carboxylic acids is 2. The lowest BCUT2D eigenvalue weighted by Gasteiger charge is -2.13. The summed E-state index contributed by atoms with van der Waals surface area (Å²) in [4.78, 5) is 39.1. The van der Waals surface area contributed by atoms with E-state index < -0.39 is 5.41 Å². The van der Waals surface area contributed by atoms with Crippen LogP contribution in [-0.4, -0.2) is 20.7 Å². The molecule has 0 unspecified atom stereocenters. The minimum atomic E-state index is -0.582. The fourth-order valence-electron chi connectivity index (χ4n) is 3.35. The van der Waals surface area contributed by atoms with Crippen LogP contribution in [0.3, 0.4) is 0 Å². The predicted octanol–water partition coefficient (Wildman–Crippen LogP) is 3.68. The fourth-order valence-corrected chi connectivity index (χ4v) is 5.01. The molecule has 168 valence electrons. The van der Waals surface area contributed by atoms with Crippen molar-refractivity contribution in [2.24, 2.45) is 5.41 Å². The van der Waals surface area contributed by atoms with Crippen molar-refractivity contribution in [1.82, 2.24) is 9.13 Å². The Morgan fingerprint density at radius 2 is 1.91 bits per heavy atom. The van der Waals surface area contributed by atoms with Crippen LogP contribution in [0.25, 0.3) is 12.2 Å². The van der Waals surface area contributed by atoms with Crippen LogP contribution < -0.4 is 14.8 Å². The topological polar surface area (TPSA) is 61.1 Å². The van der Waals surface area contributed by atoms with Gasteiger partial charge in [0.2, 0.25) is 0 Å². The van der Waals surface area contributed by atoms with Gasteiger partial charge < -0.3 is 4.57 Å². The summed E-state index contributed by atoms with van der Waals surface area (Å²) in [6.45, 7) is 13.6. The molecular weight excluding hydrogens is 440 g/mol. The summed E-state index contributed by atoms with van der Waals surface area (Å²) in [5.74, 6) is -0.251. The standard InChI is InChI=1S/C25H28N2O3S2/c1-7-9-26-16(2)11-19(17(26)3)20(28)14-27-23(13-22(29)25(4,5)6)32-21(24(27)30)12-18-8-10-31-15-18/h7-8,10-13,15H,1,9,14H2,2-6H3/b21-12+,23-13-. The Labute approximate surface area is 195 Å². The molecule has 3 aromatic heterocycles. The Morgan fingerprint density at radius 1 is 1.19 bits per heavy atom. The molecule has 0 spiro atoms. The number of aryl methyl sites for hydroxylation is 1. The van der Waals surface area contributed by atoms with Gasteiger partial charge in [-0.1, -0.05) is 26.8 Å². The van der Waals surface area contributed by atoms with Crippen molar-refractivity contribution in [3.8, 4) is 0 Å². The van der Waals surface area contributed by atoms with Gasteiger partial charge in [0.05, 0.1) is 11.1 Å². The molecule has 0 radical (unpaired) electrons. The summed E-state index contributed by atoms with van der Waals surface area (Å²) in [5.41, 5.74) is 2.47. The van der Waals surface area contributed by atoms with Gasteiger partial charge in [-0.2, -0.15) is 11.3 Å². The van der Waals surface area contributed by atoms with Gasteiger partial charge in [0.25, 0.3) is 5.56 Å². The third-order valence-corrected chi connectivity index (χ3v) is 7.02. The van der Waals surface area contributed by atoms with E-state index in [4.69, 9.17) is 0 Å². The Kier molecular flexibility index (Phi) is 7.00. The van der Waals surface area contributed by atoms with Crippen LogP contribution in [-0.2, 0) is 17.9 Å². The average Bonchev–Trinajstić information content (AvgIpc) is 3.39. The monoisotopic (exact) mass is 468 g/mol. The highest BCUT2D eigenvalue weighted by Gasteiger charge is 2.21. The molecule has 0 atom stereocenters. The van der Waals surface area contributed by atoms with E-state index in [9.17, 15) is 14.4 Å². The van der Waals surface area contributed by atoms with Crippen molar-refractivity contribution in [2.45, 2.75) is 47.7 Å². The summed E-state index contributed by atoms with van der Waals surface area (Å²) in [5, 5.41) is 3.89. The molecule has 0 aromatic carbocycles. The van der Waals surface area contributed by atoms with E-state index in [0.717, 1.165) is 17.0 Å². The molecule has 32 heavy (non-hydrogen) atoms. The Morgan fingerprint density at radius 3 is 2.50 bits per heavy atom. The first-order valence-electron chi connectivity index (χ1n) is 10.3. The lowest BCUT2D eigenvalue weighted by atomic mass is 9.91. The number of nitrogens with zero attached hydrogens (tertiary/aromatic N) is 2. The molecule has 0 amide bonds. The minimum Gasteiger partial charge on any atom is -0.345 e. The highest BCUT2D eigenvalue weighted by atomic mass is 32.1. The van der Waals surface area contributed by atoms with E-state index in [1.165, 1.54) is 22.0 Å². The average molecular weight is 469 g/mol. The Hall–Kier alpha value is -2.77. The minimum absolute atomic E-state index is 0.0915. The number of rotatable bonds is 7. The van der Waals surface area contributed by atoms with Gasteiger partial charge in [-0.25, -0.2) is 0 Å². The molecule has 0 fully saturated rings. The lowest BCUT2D eigenvalue weighted by Crippen LogP contribution is -2.35. The summed E-state index contributed by atoms with van der Waals surface area (Å²) < 4.78 is 4.43. The van der Waals surface area contributed by atoms with Crippen LogP contribution in [0.1, 0.15) is 48.1 Å². The highest BCUT2D eigenvalue weighted by molar-refractivity contribution is 7.08. The quantitative estimate of drug-likeness (QED) is 0.393. The van der Waals surface area contributed by atoms with Crippen molar-refractivity contribution in [3.05, 3.63) is 77.6 Å². The fraction of sp³-hybridized carbons (Fsp3) is 0.320. The maximum Gasteiger partial charge on any atom is 0.269 e. The first-order chi connectivity index (χ1) is 15.0. The first kappa shape index (κ1) is 23.9. The summed E-state index contributed by atoms with van der Waals surface area (Å²) >= 11 is 2.79. The van der Waals surface area contributed by atoms with Crippen molar-refractivity contribution in [3.63, 3.8) is 0 Å². The van der Waals surface area contributed by atoms with Crippen LogP contribution in [0, 0.1) is 19.3 Å². The molecule has 3 rings (SSSR count). The molecule has 0 aliphatic carbocycles. The number of thiazole rings is 1. The van der Waals surface area contributed by atoms with Crippen molar-refractivity contribution in [2.75, 3.05) is 0 Å². The van der Waals surface area contributed by atoms with Gasteiger partial charge in [0.15, 0.2) is 11.6 Å². The lowest BCUT2D eigenvalue weighted by molar-refractivity contribution is -0.120. The molecule has 5 nitrogen and oxygen atoms in total. The van der Waals surface area contributed by atoms with Crippen molar-refractivity contribution < 1.29 is 9.59 Å². The number of Topliss-reactive ketones (excluding diaryl/α,β-unsaturated/α-hetero) is 2. The van der Waals surface area contributed by atoms with Crippen LogP contribution in [0.2, 0.25) is 0 Å². The zero-order valence-corrected chi connectivity index (χ0v) is 20.7. The molecule has 0 saturated carbocycles. The third-order valence-electron chi connectivity index (χ3n) is 5.26. The third kappa shape index (κ3) is 5.00. The van der Waals surface area contributed by atoms with Gasteiger partial charge in [0.1, 0.15) is 4.66 Å². The number of hydrogen-bond donors (Lipinski definition) is 0. The number of aromatic nitrogens is 2. The maximum absolute atomic E-state index is 13.2. The van der Waals surface area contributed by atoms with Crippen LogP contribution >= 0.6 is 22.7 Å². The summed E-state index contributed by atoms with van der Waals surface area (Å²) in [6.07, 6.45) is 5.08. The van der Waals surface area contributed by atoms with E-state index in [-0.39, 0.29) is 23.7 Å². The zero-order valence-electron chi connectivity index (χ0n) is 19.1. The molecule has 0 N–H and O–H groups in total. The molecule has 0 aliphatic heterocycles. The van der Waals surface area contributed by atoms with Gasteiger partial charge in [-0.15, -0.1) is 17.9 Å². The van der Waals surface area contributed by atoms with Gasteiger partial charge in [0, 0.05) is 35.0 Å². The molecule has 7 heteroatoms. The molecular formula is C25H28N2O3S2. The normalized spacial score (nSPS) is 13.0. The molecule has 0 saturated heterocycles. The molecule has 0 bridgehead atoms. The SMILES string of the molecule is C=CCn1c(C)cc(C(=O)Cn2c(=O)/c(=C\c3ccsc3)s/c2=C\C(=O)C(C)(C)C)c1C. The largest absolute Gasteiger partial charge is 0.345 e. The predicted molar refractivity (Wildman–Crippen MR) is 133 cm³/mol. The molecule has 3 aromatic rings. The molecule has 3 heterocycles. The van der Waals surface area contributed by atoms with Crippen LogP contribution in [0.5, 0.6) is 0 Å². The summed E-state index contributed by atoms with van der Waals surface area (Å²) in [7, 11) is 0. The number of allylic oxidation sites excluding steroid dienone is 1. The van der Waals surface area contributed by atoms with E-state index >= 15 is 0 Å². The van der Waals surface area contributed by atoms with E-state index in [2.05, 4.69) is 6.58 Å². The van der Waals surface area contributed by atoms with Crippen molar-refractivity contribution in [1.29, 1.82) is 0 Å². The first-order valence-corrected chi connectivity index (χ1v) is 12.1. The second kappa shape index (κ2) is 9.38. The molecule has 0 aliphatic rings. The maximum atomic E-state index is 13.2. The highest BCUT2D eigenvalue weighted by Crippen LogP contribution is 2.17. The van der Waals surface area contributed by atoms with Gasteiger partial charge >= 0.3 is 0 Å². The number of ketones is 2.